The Balaban J connectivity index is 1.42. The van der Waals surface area contributed by atoms with Crippen molar-refractivity contribution >= 4 is 27.5 Å². The third-order valence-corrected chi connectivity index (χ3v) is 6.64. The molecule has 0 spiro atoms. The van der Waals surface area contributed by atoms with E-state index in [0.29, 0.717) is 30.4 Å². The molecule has 0 unspecified atom stereocenters. The maximum atomic E-state index is 13.0. The lowest BCUT2D eigenvalue weighted by Gasteiger charge is -2.22. The van der Waals surface area contributed by atoms with E-state index in [4.69, 9.17) is 9.47 Å². The Labute approximate surface area is 186 Å². The van der Waals surface area contributed by atoms with E-state index >= 15 is 0 Å². The number of hydrogen-bond acceptors (Lipinski definition) is 6. The van der Waals surface area contributed by atoms with Crippen LogP contribution >= 0.6 is 0 Å². The Morgan fingerprint density at radius 1 is 1.06 bits per heavy atom. The first-order chi connectivity index (χ1) is 15.4. The van der Waals surface area contributed by atoms with Crippen molar-refractivity contribution in [1.29, 1.82) is 0 Å². The summed E-state index contributed by atoms with van der Waals surface area (Å²) < 4.78 is 38.5. The lowest BCUT2D eigenvalue weighted by atomic mass is 10.2. The van der Waals surface area contributed by atoms with Crippen molar-refractivity contribution in [2.24, 2.45) is 0 Å². The van der Waals surface area contributed by atoms with Crippen molar-refractivity contribution in [3.63, 3.8) is 0 Å². The third-order valence-electron chi connectivity index (χ3n) is 5.12. The Kier molecular flexibility index (Phi) is 6.33. The van der Waals surface area contributed by atoms with Crippen LogP contribution in [0, 0.1) is 0 Å². The van der Waals surface area contributed by atoms with Gasteiger partial charge in [0, 0.05) is 29.9 Å². The number of amides is 2. The molecule has 4 rings (SSSR count). The average Bonchev–Trinajstić information content (AvgIpc) is 3.60. The van der Waals surface area contributed by atoms with Gasteiger partial charge in [0.25, 0.3) is 5.91 Å². The van der Waals surface area contributed by atoms with Crippen LogP contribution in [-0.2, 0) is 14.8 Å². The average molecular weight is 460 g/mol. The van der Waals surface area contributed by atoms with Gasteiger partial charge < -0.3 is 19.7 Å². The topological polar surface area (TPSA) is 114 Å². The van der Waals surface area contributed by atoms with E-state index in [0.717, 1.165) is 12.8 Å². The second kappa shape index (κ2) is 9.17. The quantitative estimate of drug-likeness (QED) is 0.624. The molecule has 2 N–H and O–H groups in total. The van der Waals surface area contributed by atoms with Crippen LogP contribution in [0.25, 0.3) is 0 Å². The Morgan fingerprint density at radius 2 is 1.81 bits per heavy atom. The van der Waals surface area contributed by atoms with Crippen LogP contribution < -0.4 is 19.5 Å². The van der Waals surface area contributed by atoms with E-state index in [2.05, 4.69) is 10.0 Å². The van der Waals surface area contributed by atoms with Gasteiger partial charge in [0.15, 0.2) is 11.5 Å². The molecule has 1 aliphatic carbocycles. The molecule has 0 radical (unpaired) electrons. The van der Waals surface area contributed by atoms with Crippen LogP contribution in [-0.4, -0.2) is 57.5 Å². The van der Waals surface area contributed by atoms with Gasteiger partial charge in [-0.3, -0.25) is 9.59 Å². The minimum atomic E-state index is -3.68. The molecule has 10 heteroatoms. The van der Waals surface area contributed by atoms with E-state index in [1.807, 2.05) is 0 Å². The van der Waals surface area contributed by atoms with Gasteiger partial charge in [-0.2, -0.15) is 0 Å². The van der Waals surface area contributed by atoms with Gasteiger partial charge in [-0.15, -0.1) is 0 Å². The molecule has 2 aromatic rings. The molecule has 0 saturated heterocycles. The fraction of sp³-hybridized carbons (Fsp3) is 0.364. The van der Waals surface area contributed by atoms with Gasteiger partial charge >= 0.3 is 0 Å². The van der Waals surface area contributed by atoms with Crippen LogP contribution in [0.5, 0.6) is 11.5 Å². The highest BCUT2D eigenvalue weighted by Crippen LogP contribution is 2.32. The van der Waals surface area contributed by atoms with Crippen LogP contribution in [0.1, 0.15) is 30.1 Å². The first-order valence-corrected chi connectivity index (χ1v) is 11.9. The van der Waals surface area contributed by atoms with Crippen LogP contribution in [0.15, 0.2) is 47.4 Å². The predicted octanol–water partition coefficient (Wildman–Crippen LogP) is 2.00. The van der Waals surface area contributed by atoms with Gasteiger partial charge in [-0.05, 0) is 50.1 Å². The lowest BCUT2D eigenvalue weighted by molar-refractivity contribution is -0.116. The zero-order valence-electron chi connectivity index (χ0n) is 17.7. The van der Waals surface area contributed by atoms with E-state index in [-0.39, 0.29) is 35.5 Å². The first kappa shape index (κ1) is 22.1. The van der Waals surface area contributed by atoms with Crippen LogP contribution in [0.3, 0.4) is 0 Å². The van der Waals surface area contributed by atoms with Gasteiger partial charge in [0.2, 0.25) is 15.9 Å². The molecule has 1 saturated carbocycles. The number of rotatable bonds is 8. The van der Waals surface area contributed by atoms with E-state index < -0.39 is 15.9 Å². The Morgan fingerprint density at radius 3 is 2.53 bits per heavy atom. The highest BCUT2D eigenvalue weighted by Gasteiger charge is 2.28. The monoisotopic (exact) mass is 459 g/mol. The summed E-state index contributed by atoms with van der Waals surface area (Å²) in [7, 11) is -3.68. The molecule has 2 amide bonds. The SMILES string of the molecule is CCN(CC(=O)Nc1ccc2c(c1)OCCO2)C(=O)c1cccc(S(=O)(=O)NC2CC2)c1. The third kappa shape index (κ3) is 5.20. The molecular formula is C22H25N3O6S. The first-order valence-electron chi connectivity index (χ1n) is 10.5. The van der Waals surface area contributed by atoms with Crippen LogP contribution in [0.4, 0.5) is 5.69 Å². The highest BCUT2D eigenvalue weighted by molar-refractivity contribution is 7.89. The Bertz CT molecular complexity index is 1130. The zero-order chi connectivity index (χ0) is 22.7. The van der Waals surface area contributed by atoms with E-state index in [9.17, 15) is 18.0 Å². The van der Waals surface area contributed by atoms with Gasteiger partial charge in [-0.1, -0.05) is 6.07 Å². The minimum absolute atomic E-state index is 0.0317. The van der Waals surface area contributed by atoms with Crippen molar-refractivity contribution in [2.75, 3.05) is 31.6 Å². The molecular weight excluding hydrogens is 434 g/mol. The van der Waals surface area contributed by atoms with Gasteiger partial charge in [-0.25, -0.2) is 13.1 Å². The molecule has 0 bridgehead atoms. The molecule has 1 aliphatic heterocycles. The molecule has 2 aliphatic rings. The number of hydrogen-bond donors (Lipinski definition) is 2. The summed E-state index contributed by atoms with van der Waals surface area (Å²) in [6.45, 7) is 2.77. The number of benzene rings is 2. The normalized spacial score (nSPS) is 15.2. The van der Waals surface area contributed by atoms with Crippen molar-refractivity contribution in [1.82, 2.24) is 9.62 Å². The van der Waals surface area contributed by atoms with E-state index in [1.165, 1.54) is 23.1 Å². The molecule has 0 atom stereocenters. The molecule has 0 aromatic heterocycles. The second-order valence-electron chi connectivity index (χ2n) is 7.65. The largest absolute Gasteiger partial charge is 0.486 e. The highest BCUT2D eigenvalue weighted by atomic mass is 32.2. The standard InChI is InChI=1S/C22H25N3O6S/c1-2-25(14-21(26)23-17-8-9-19-20(13-17)31-11-10-30-19)22(27)15-4-3-5-18(12-15)32(28,29)24-16-6-7-16/h3-5,8-9,12-13,16,24H,2,6-7,10-11,14H2,1H3,(H,23,26). The van der Waals surface area contributed by atoms with Crippen molar-refractivity contribution in [3.05, 3.63) is 48.0 Å². The summed E-state index contributed by atoms with van der Waals surface area (Å²) in [5.74, 6) is 0.366. The van der Waals surface area contributed by atoms with Gasteiger partial charge in [0.1, 0.15) is 19.8 Å². The number of sulfonamides is 1. The number of carbonyl (C=O) groups excluding carboxylic acids is 2. The fourth-order valence-electron chi connectivity index (χ4n) is 3.29. The van der Waals surface area contributed by atoms with Gasteiger partial charge in [0.05, 0.1) is 4.90 Å². The fourth-order valence-corrected chi connectivity index (χ4v) is 4.64. The van der Waals surface area contributed by atoms with E-state index in [1.54, 1.807) is 31.2 Å². The molecule has 1 heterocycles. The molecule has 32 heavy (non-hydrogen) atoms. The van der Waals surface area contributed by atoms with Crippen molar-refractivity contribution < 1.29 is 27.5 Å². The summed E-state index contributed by atoms with van der Waals surface area (Å²) in [4.78, 5) is 26.9. The zero-order valence-corrected chi connectivity index (χ0v) is 18.5. The van der Waals surface area contributed by atoms with Crippen LogP contribution in [0.2, 0.25) is 0 Å². The summed E-state index contributed by atoms with van der Waals surface area (Å²) in [6.07, 6.45) is 1.64. The van der Waals surface area contributed by atoms with Crippen molar-refractivity contribution in [3.8, 4) is 11.5 Å². The Hall–Kier alpha value is -3.11. The molecule has 2 aromatic carbocycles. The summed E-state index contributed by atoms with van der Waals surface area (Å²) in [5, 5.41) is 2.75. The minimum Gasteiger partial charge on any atom is -0.486 e. The van der Waals surface area contributed by atoms with Crippen molar-refractivity contribution in [2.45, 2.75) is 30.7 Å². The number of anilines is 1. The molecule has 170 valence electrons. The summed E-state index contributed by atoms with van der Waals surface area (Å²) in [5.41, 5.74) is 0.736. The summed E-state index contributed by atoms with van der Waals surface area (Å²) in [6, 6.07) is 10.9. The summed E-state index contributed by atoms with van der Waals surface area (Å²) >= 11 is 0. The number of likely N-dealkylation sites (N-methyl/N-ethyl adjacent to an activating group) is 1. The predicted molar refractivity (Wildman–Crippen MR) is 117 cm³/mol. The smallest absolute Gasteiger partial charge is 0.254 e. The number of nitrogens with zero attached hydrogens (tertiary/aromatic N) is 1. The maximum Gasteiger partial charge on any atom is 0.254 e. The number of ether oxygens (including phenoxy) is 2. The number of carbonyl (C=O) groups is 2. The molecule has 1 fully saturated rings. The maximum absolute atomic E-state index is 13.0. The second-order valence-corrected chi connectivity index (χ2v) is 9.36. The lowest BCUT2D eigenvalue weighted by Crippen LogP contribution is -2.38. The number of nitrogens with one attached hydrogen (secondary N) is 2. The molecule has 9 nitrogen and oxygen atoms in total. The number of fused-ring (bicyclic) bond motifs is 1.